The third-order valence-electron chi connectivity index (χ3n) is 5.18. The van der Waals surface area contributed by atoms with E-state index in [1.165, 1.54) is 12.8 Å². The Balaban J connectivity index is 1.64. The first kappa shape index (κ1) is 16.7. The molecule has 6 heteroatoms. The van der Waals surface area contributed by atoms with E-state index in [-0.39, 0.29) is 12.1 Å². The lowest BCUT2D eigenvalue weighted by molar-refractivity contribution is 0.146. The minimum absolute atomic E-state index is 0.0316. The summed E-state index contributed by atoms with van der Waals surface area (Å²) in [6.07, 6.45) is 6.28. The number of thiazole rings is 1. The predicted octanol–water partition coefficient (Wildman–Crippen LogP) is 3.25. The van der Waals surface area contributed by atoms with E-state index in [1.807, 2.05) is 10.3 Å². The smallest absolute Gasteiger partial charge is 0.318 e. The topological polar surface area (TPSA) is 48.5 Å². The quantitative estimate of drug-likeness (QED) is 0.918. The number of carbonyl (C=O) groups is 1. The van der Waals surface area contributed by atoms with Crippen LogP contribution in [0.1, 0.15) is 57.5 Å². The van der Waals surface area contributed by atoms with E-state index in [0.29, 0.717) is 18.1 Å². The van der Waals surface area contributed by atoms with Crippen LogP contribution in [-0.4, -0.2) is 52.0 Å². The molecule has 3 atom stereocenters. The minimum Gasteiger partial charge on any atom is -0.329 e. The zero-order valence-corrected chi connectivity index (χ0v) is 15.2. The molecular formula is C17H28N4OS. The van der Waals surface area contributed by atoms with Crippen molar-refractivity contribution in [3.8, 4) is 0 Å². The molecule has 128 valence electrons. The Morgan fingerprint density at radius 3 is 2.83 bits per heavy atom. The molecule has 2 aliphatic heterocycles. The fourth-order valence-electron chi connectivity index (χ4n) is 4.12. The molecule has 3 heterocycles. The monoisotopic (exact) mass is 336 g/mol. The summed E-state index contributed by atoms with van der Waals surface area (Å²) in [6, 6.07) is 1.84. The average molecular weight is 337 g/mol. The molecule has 0 aliphatic carbocycles. The Kier molecular flexibility index (Phi) is 5.21. The standard InChI is InChI=1S/C17H28N4OS/c1-4-15(16-18-8-10-23-16)19-17(22)20-9-7-13-5-6-14(11-20)21(13)12(2)3/h8,10,12-15H,4-7,9,11H2,1-3H3,(H,19,22). The van der Waals surface area contributed by atoms with Crippen LogP contribution in [0.2, 0.25) is 0 Å². The van der Waals surface area contributed by atoms with Crippen LogP contribution in [0.15, 0.2) is 11.6 Å². The van der Waals surface area contributed by atoms with Crippen LogP contribution < -0.4 is 5.32 Å². The summed E-state index contributed by atoms with van der Waals surface area (Å²) in [7, 11) is 0. The fraction of sp³-hybridized carbons (Fsp3) is 0.765. The van der Waals surface area contributed by atoms with Crippen molar-refractivity contribution in [3.05, 3.63) is 16.6 Å². The molecule has 0 saturated carbocycles. The van der Waals surface area contributed by atoms with Crippen molar-refractivity contribution < 1.29 is 4.79 Å². The van der Waals surface area contributed by atoms with Crippen molar-refractivity contribution in [1.82, 2.24) is 20.1 Å². The summed E-state index contributed by atoms with van der Waals surface area (Å²) in [4.78, 5) is 21.7. The third kappa shape index (κ3) is 3.53. The SMILES string of the molecule is CCC(NC(=O)N1CCC2CCC(C1)N2C(C)C)c1nccs1. The number of likely N-dealkylation sites (tertiary alicyclic amines) is 1. The highest BCUT2D eigenvalue weighted by Crippen LogP contribution is 2.32. The van der Waals surface area contributed by atoms with Crippen molar-refractivity contribution in [2.45, 2.75) is 70.6 Å². The number of nitrogens with zero attached hydrogens (tertiary/aromatic N) is 3. The number of rotatable bonds is 4. The normalized spacial score (nSPS) is 26.3. The van der Waals surface area contributed by atoms with Crippen LogP contribution >= 0.6 is 11.3 Å². The van der Waals surface area contributed by atoms with Gasteiger partial charge in [0.25, 0.3) is 0 Å². The maximum atomic E-state index is 12.7. The number of carbonyl (C=O) groups excluding carboxylic acids is 1. The van der Waals surface area contributed by atoms with Crippen LogP contribution in [-0.2, 0) is 0 Å². The maximum Gasteiger partial charge on any atom is 0.318 e. The summed E-state index contributed by atoms with van der Waals surface area (Å²) >= 11 is 1.61. The van der Waals surface area contributed by atoms with Crippen molar-refractivity contribution in [2.75, 3.05) is 13.1 Å². The van der Waals surface area contributed by atoms with Gasteiger partial charge in [-0.05, 0) is 39.5 Å². The number of hydrogen-bond acceptors (Lipinski definition) is 4. The van der Waals surface area contributed by atoms with E-state index < -0.39 is 0 Å². The van der Waals surface area contributed by atoms with E-state index >= 15 is 0 Å². The molecule has 3 unspecified atom stereocenters. The number of fused-ring (bicyclic) bond motifs is 2. The lowest BCUT2D eigenvalue weighted by Gasteiger charge is -2.32. The van der Waals surface area contributed by atoms with Crippen molar-refractivity contribution in [1.29, 1.82) is 0 Å². The van der Waals surface area contributed by atoms with Gasteiger partial charge in [-0.25, -0.2) is 9.78 Å². The molecule has 23 heavy (non-hydrogen) atoms. The Bertz CT molecular complexity index is 519. The second kappa shape index (κ2) is 7.18. The van der Waals surface area contributed by atoms with Crippen LogP contribution in [0, 0.1) is 0 Å². The van der Waals surface area contributed by atoms with Crippen LogP contribution in [0.4, 0.5) is 4.79 Å². The zero-order chi connectivity index (χ0) is 16.4. The molecule has 3 rings (SSSR count). The highest BCUT2D eigenvalue weighted by Gasteiger charge is 2.39. The number of hydrogen-bond donors (Lipinski definition) is 1. The summed E-state index contributed by atoms with van der Waals surface area (Å²) < 4.78 is 0. The first-order valence-electron chi connectivity index (χ1n) is 8.82. The second-order valence-electron chi connectivity index (χ2n) is 6.94. The predicted molar refractivity (Wildman–Crippen MR) is 93.7 cm³/mol. The van der Waals surface area contributed by atoms with Gasteiger partial charge < -0.3 is 10.2 Å². The third-order valence-corrected chi connectivity index (χ3v) is 6.07. The van der Waals surface area contributed by atoms with Crippen molar-refractivity contribution in [3.63, 3.8) is 0 Å². The van der Waals surface area contributed by atoms with E-state index in [0.717, 1.165) is 30.9 Å². The molecule has 0 radical (unpaired) electrons. The summed E-state index contributed by atoms with van der Waals surface area (Å²) in [5, 5.41) is 6.16. The van der Waals surface area contributed by atoms with E-state index in [9.17, 15) is 4.79 Å². The molecule has 2 fully saturated rings. The summed E-state index contributed by atoms with van der Waals surface area (Å²) in [5.41, 5.74) is 0. The molecule has 2 bridgehead atoms. The van der Waals surface area contributed by atoms with Gasteiger partial charge in [-0.2, -0.15) is 0 Å². The van der Waals surface area contributed by atoms with Gasteiger partial charge in [-0.3, -0.25) is 4.90 Å². The first-order valence-corrected chi connectivity index (χ1v) is 9.70. The van der Waals surface area contributed by atoms with Crippen LogP contribution in [0.25, 0.3) is 0 Å². The molecule has 2 amide bonds. The summed E-state index contributed by atoms with van der Waals surface area (Å²) in [5.74, 6) is 0. The van der Waals surface area contributed by atoms with Gasteiger partial charge in [0, 0.05) is 42.8 Å². The Labute approximate surface area is 143 Å². The molecular weight excluding hydrogens is 308 g/mol. The van der Waals surface area contributed by atoms with Gasteiger partial charge >= 0.3 is 6.03 Å². The van der Waals surface area contributed by atoms with Crippen LogP contribution in [0.3, 0.4) is 0 Å². The Morgan fingerprint density at radius 1 is 1.39 bits per heavy atom. The van der Waals surface area contributed by atoms with E-state index in [2.05, 4.69) is 36.0 Å². The Hall–Kier alpha value is -1.14. The van der Waals surface area contributed by atoms with Gasteiger partial charge in [0.1, 0.15) is 5.01 Å². The first-order chi connectivity index (χ1) is 11.1. The molecule has 1 aromatic heterocycles. The summed E-state index contributed by atoms with van der Waals surface area (Å²) in [6.45, 7) is 8.36. The number of amides is 2. The lowest BCUT2D eigenvalue weighted by Crippen LogP contribution is -2.47. The lowest BCUT2D eigenvalue weighted by atomic mass is 10.1. The zero-order valence-electron chi connectivity index (χ0n) is 14.4. The fourth-order valence-corrected chi connectivity index (χ4v) is 4.90. The highest BCUT2D eigenvalue weighted by atomic mass is 32.1. The number of nitrogens with one attached hydrogen (secondary N) is 1. The van der Waals surface area contributed by atoms with Gasteiger partial charge in [0.2, 0.25) is 0 Å². The molecule has 2 saturated heterocycles. The highest BCUT2D eigenvalue weighted by molar-refractivity contribution is 7.09. The Morgan fingerprint density at radius 2 is 2.17 bits per heavy atom. The van der Waals surface area contributed by atoms with E-state index in [4.69, 9.17) is 0 Å². The molecule has 0 aromatic carbocycles. The van der Waals surface area contributed by atoms with Crippen molar-refractivity contribution >= 4 is 17.4 Å². The minimum atomic E-state index is 0.0316. The van der Waals surface area contributed by atoms with E-state index in [1.54, 1.807) is 17.5 Å². The van der Waals surface area contributed by atoms with Crippen molar-refractivity contribution in [2.24, 2.45) is 0 Å². The average Bonchev–Trinajstić information content (AvgIpc) is 3.12. The maximum absolute atomic E-state index is 12.7. The number of aromatic nitrogens is 1. The van der Waals surface area contributed by atoms with Crippen LogP contribution in [0.5, 0.6) is 0 Å². The van der Waals surface area contributed by atoms with Gasteiger partial charge in [-0.15, -0.1) is 11.3 Å². The molecule has 1 aromatic rings. The van der Waals surface area contributed by atoms with Gasteiger partial charge in [0.05, 0.1) is 6.04 Å². The second-order valence-corrected chi connectivity index (χ2v) is 7.87. The molecule has 2 aliphatic rings. The van der Waals surface area contributed by atoms with Gasteiger partial charge in [0.15, 0.2) is 0 Å². The molecule has 5 nitrogen and oxygen atoms in total. The largest absolute Gasteiger partial charge is 0.329 e. The van der Waals surface area contributed by atoms with Gasteiger partial charge in [-0.1, -0.05) is 6.92 Å². The molecule has 0 spiro atoms. The molecule has 1 N–H and O–H groups in total. The number of urea groups is 1.